The van der Waals surface area contributed by atoms with Gasteiger partial charge in [0.05, 0.1) is 44.8 Å². The number of carbonyl (C=O) groups is 1. The maximum atomic E-state index is 12.8. The van der Waals surface area contributed by atoms with E-state index in [1.807, 2.05) is 18.2 Å². The average Bonchev–Trinajstić information content (AvgIpc) is 2.68. The molecular weight excluding hydrogens is 302 g/mol. The van der Waals surface area contributed by atoms with Gasteiger partial charge in [0.25, 0.3) is 0 Å². The Morgan fingerprint density at radius 3 is 2.77 bits per heavy atom. The molecule has 1 unspecified atom stereocenters. The van der Waals surface area contributed by atoms with E-state index in [4.69, 9.17) is 9.47 Å². The van der Waals surface area contributed by atoms with Gasteiger partial charge in [-0.3, -0.25) is 4.79 Å². The number of ketones is 1. The zero-order valence-electron chi connectivity index (χ0n) is 13.1. The number of ether oxygens (including phenoxy) is 2. The van der Waals surface area contributed by atoms with Crippen molar-refractivity contribution in [1.29, 1.82) is 0 Å². The third-order valence-corrected chi connectivity index (χ3v) is 4.64. The molecule has 0 spiro atoms. The molecule has 3 rings (SSSR count). The van der Waals surface area contributed by atoms with Crippen LogP contribution < -0.4 is 26.8 Å². The fourth-order valence-corrected chi connectivity index (χ4v) is 3.42. The zero-order chi connectivity index (χ0) is 14.7. The third-order valence-electron chi connectivity index (χ3n) is 4.64. The van der Waals surface area contributed by atoms with E-state index in [0.29, 0.717) is 17.9 Å². The number of likely N-dealkylation sites (tertiary alicyclic amines) is 1. The summed E-state index contributed by atoms with van der Waals surface area (Å²) in [5, 5.41) is 0. The minimum atomic E-state index is 0. The van der Waals surface area contributed by atoms with E-state index in [-0.39, 0.29) is 24.1 Å². The molecule has 22 heavy (non-hydrogen) atoms. The lowest BCUT2D eigenvalue weighted by Crippen LogP contribution is -3.13. The Balaban J connectivity index is 0.00000176. The summed E-state index contributed by atoms with van der Waals surface area (Å²) < 4.78 is 11.0. The molecule has 1 aromatic rings. The Labute approximate surface area is 138 Å². The van der Waals surface area contributed by atoms with Crippen molar-refractivity contribution in [2.24, 2.45) is 5.92 Å². The fourth-order valence-electron chi connectivity index (χ4n) is 3.42. The van der Waals surface area contributed by atoms with Crippen LogP contribution in [-0.4, -0.2) is 39.1 Å². The normalized spacial score (nSPS) is 22.0. The van der Waals surface area contributed by atoms with Gasteiger partial charge in [-0.25, -0.2) is 0 Å². The highest BCUT2D eigenvalue weighted by atomic mass is 35.5. The van der Waals surface area contributed by atoms with E-state index in [1.54, 1.807) is 12.0 Å². The molecule has 0 aliphatic carbocycles. The molecule has 2 heterocycles. The number of methoxy groups -OCH3 is 1. The van der Waals surface area contributed by atoms with Crippen LogP contribution in [-0.2, 0) is 0 Å². The number of piperidine rings is 1. The maximum Gasteiger partial charge on any atom is 0.175 e. The highest BCUT2D eigenvalue weighted by molar-refractivity contribution is 6.01. The number of hydrogen-bond donors (Lipinski definition) is 1. The summed E-state index contributed by atoms with van der Waals surface area (Å²) in [5.74, 6) is 1.72. The highest BCUT2D eigenvalue weighted by Crippen LogP contribution is 2.30. The molecule has 0 amide bonds. The molecule has 5 heteroatoms. The lowest BCUT2D eigenvalue weighted by molar-refractivity contribution is -0.907. The number of halogens is 1. The monoisotopic (exact) mass is 325 g/mol. The number of rotatable bonds is 3. The van der Waals surface area contributed by atoms with E-state index < -0.39 is 0 Å². The Morgan fingerprint density at radius 1 is 1.27 bits per heavy atom. The van der Waals surface area contributed by atoms with Gasteiger partial charge in [-0.15, -0.1) is 0 Å². The van der Waals surface area contributed by atoms with Crippen LogP contribution in [0.4, 0.5) is 0 Å². The fraction of sp³-hybridized carbons (Fsp3) is 0.588. The molecule has 1 aromatic carbocycles. The molecule has 0 bridgehead atoms. The molecular formula is C17H24ClNO3. The molecule has 4 nitrogen and oxygen atoms in total. The van der Waals surface area contributed by atoms with Crippen LogP contribution in [0.1, 0.15) is 36.0 Å². The van der Waals surface area contributed by atoms with Crippen LogP contribution in [0.2, 0.25) is 0 Å². The lowest BCUT2D eigenvalue weighted by atomic mass is 9.94. The van der Waals surface area contributed by atoms with E-state index in [0.717, 1.165) is 18.7 Å². The van der Waals surface area contributed by atoms with Gasteiger partial charge in [-0.1, -0.05) is 0 Å². The molecule has 1 fully saturated rings. The van der Waals surface area contributed by atoms with Gasteiger partial charge < -0.3 is 26.8 Å². The van der Waals surface area contributed by atoms with Gasteiger partial charge in [0.2, 0.25) is 0 Å². The number of carbonyl (C=O) groups excluding carboxylic acids is 1. The van der Waals surface area contributed by atoms with E-state index in [9.17, 15) is 4.79 Å². The molecule has 0 aromatic heterocycles. The van der Waals surface area contributed by atoms with Gasteiger partial charge in [-0.2, -0.15) is 0 Å². The largest absolute Gasteiger partial charge is 1.00 e. The SMILES string of the molecule is COc1ccc2c(c1)C(=O)C(C[NH+]1CCCCC1)CCO2.[Cl-]. The molecule has 2 aliphatic rings. The molecule has 0 saturated carbocycles. The highest BCUT2D eigenvalue weighted by Gasteiger charge is 2.30. The van der Waals surface area contributed by atoms with Crippen LogP contribution in [0, 0.1) is 5.92 Å². The smallest absolute Gasteiger partial charge is 0.175 e. The second-order valence-corrected chi connectivity index (χ2v) is 6.08. The summed E-state index contributed by atoms with van der Waals surface area (Å²) >= 11 is 0. The molecule has 2 aliphatic heterocycles. The zero-order valence-corrected chi connectivity index (χ0v) is 13.8. The first-order chi connectivity index (χ1) is 10.3. The van der Waals surface area contributed by atoms with Crippen LogP contribution in [0.3, 0.4) is 0 Å². The summed E-state index contributed by atoms with van der Waals surface area (Å²) in [4.78, 5) is 14.4. The maximum absolute atomic E-state index is 12.8. The summed E-state index contributed by atoms with van der Waals surface area (Å²) in [6.07, 6.45) is 4.74. The van der Waals surface area contributed by atoms with Crippen LogP contribution in [0.15, 0.2) is 18.2 Å². The van der Waals surface area contributed by atoms with E-state index >= 15 is 0 Å². The summed E-state index contributed by atoms with van der Waals surface area (Å²) in [7, 11) is 1.62. The Kier molecular flexibility index (Phi) is 6.09. The quantitative estimate of drug-likeness (QED) is 0.724. The van der Waals surface area contributed by atoms with Crippen LogP contribution in [0.25, 0.3) is 0 Å². The number of quaternary nitrogens is 1. The molecule has 1 N–H and O–H groups in total. The Bertz CT molecular complexity index is 515. The first-order valence-corrected chi connectivity index (χ1v) is 7.96. The van der Waals surface area contributed by atoms with Crippen molar-refractivity contribution in [1.82, 2.24) is 0 Å². The van der Waals surface area contributed by atoms with E-state index in [2.05, 4.69) is 0 Å². The minimum absolute atomic E-state index is 0. The van der Waals surface area contributed by atoms with E-state index in [1.165, 1.54) is 32.4 Å². The molecule has 1 atom stereocenters. The van der Waals surface area contributed by atoms with Gasteiger partial charge in [0, 0.05) is 0 Å². The number of Topliss-reactive ketones (excluding diaryl/α,β-unsaturated/α-hetero) is 1. The number of fused-ring (bicyclic) bond motifs is 1. The van der Waals surface area contributed by atoms with Crippen molar-refractivity contribution in [3.63, 3.8) is 0 Å². The summed E-state index contributed by atoms with van der Waals surface area (Å²) in [6.45, 7) is 3.98. The lowest BCUT2D eigenvalue weighted by Gasteiger charge is -2.26. The number of benzene rings is 1. The van der Waals surface area contributed by atoms with Crippen molar-refractivity contribution < 1.29 is 31.6 Å². The van der Waals surface area contributed by atoms with Crippen LogP contribution in [0.5, 0.6) is 11.5 Å². The minimum Gasteiger partial charge on any atom is -1.00 e. The molecule has 1 saturated heterocycles. The summed E-state index contributed by atoms with van der Waals surface area (Å²) in [6, 6.07) is 5.52. The van der Waals surface area contributed by atoms with Crippen molar-refractivity contribution in [2.75, 3.05) is 33.4 Å². The Morgan fingerprint density at radius 2 is 2.05 bits per heavy atom. The van der Waals surface area contributed by atoms with Gasteiger partial charge in [-0.05, 0) is 43.9 Å². The topological polar surface area (TPSA) is 40.0 Å². The molecule has 0 radical (unpaired) electrons. The van der Waals surface area contributed by atoms with Crippen molar-refractivity contribution in [3.8, 4) is 11.5 Å². The third kappa shape index (κ3) is 3.73. The van der Waals surface area contributed by atoms with Gasteiger partial charge in [0.15, 0.2) is 5.78 Å². The molecule has 122 valence electrons. The predicted molar refractivity (Wildman–Crippen MR) is 80.3 cm³/mol. The predicted octanol–water partition coefficient (Wildman–Crippen LogP) is -1.65. The van der Waals surface area contributed by atoms with Gasteiger partial charge >= 0.3 is 0 Å². The number of nitrogens with one attached hydrogen (secondary N) is 1. The van der Waals surface area contributed by atoms with Crippen molar-refractivity contribution in [2.45, 2.75) is 25.7 Å². The van der Waals surface area contributed by atoms with Crippen molar-refractivity contribution in [3.05, 3.63) is 23.8 Å². The average molecular weight is 326 g/mol. The first-order valence-electron chi connectivity index (χ1n) is 7.96. The second kappa shape index (κ2) is 7.84. The first kappa shape index (κ1) is 17.1. The van der Waals surface area contributed by atoms with Crippen LogP contribution >= 0.6 is 0 Å². The van der Waals surface area contributed by atoms with Gasteiger partial charge in [0.1, 0.15) is 11.5 Å². The summed E-state index contributed by atoms with van der Waals surface area (Å²) in [5.41, 5.74) is 0.688. The second-order valence-electron chi connectivity index (χ2n) is 6.08. The van der Waals surface area contributed by atoms with Crippen molar-refractivity contribution >= 4 is 5.78 Å². The number of hydrogen-bond acceptors (Lipinski definition) is 3. The standard InChI is InChI=1S/C17H23NO3.ClH/c1-20-14-5-6-16-15(11-14)17(19)13(7-10-21-16)12-18-8-3-2-4-9-18;/h5-6,11,13H,2-4,7-10,12H2,1H3;1H. The Hall–Kier alpha value is -1.26.